The molecule has 6 rings (SSSR count). The lowest BCUT2D eigenvalue weighted by Gasteiger charge is -2.20. The highest BCUT2D eigenvalue weighted by Gasteiger charge is 2.22. The van der Waals surface area contributed by atoms with Crippen molar-refractivity contribution >= 4 is 27.4 Å². The first-order chi connectivity index (χ1) is 17.5. The Labute approximate surface area is 212 Å². The molecule has 180 valence electrons. The van der Waals surface area contributed by atoms with Crippen LogP contribution in [-0.2, 0) is 0 Å². The van der Waals surface area contributed by atoms with Crippen molar-refractivity contribution in [2.45, 2.75) is 52.0 Å². The van der Waals surface area contributed by atoms with Crippen LogP contribution in [-0.4, -0.2) is 14.8 Å². The molecule has 36 heavy (non-hydrogen) atoms. The molecule has 1 aliphatic rings. The molecule has 0 saturated heterocycles. The Morgan fingerprint density at radius 2 is 1.39 bits per heavy atom. The van der Waals surface area contributed by atoms with E-state index in [1.165, 1.54) is 32.9 Å². The van der Waals surface area contributed by atoms with E-state index in [1.807, 2.05) is 30.3 Å². The molecule has 1 atom stereocenters. The molecular formula is C32H31N3O. The van der Waals surface area contributed by atoms with E-state index in [9.17, 15) is 0 Å². The maximum Gasteiger partial charge on any atom is 0.248 e. The van der Waals surface area contributed by atoms with Crippen molar-refractivity contribution in [3.63, 3.8) is 0 Å². The smallest absolute Gasteiger partial charge is 0.248 e. The van der Waals surface area contributed by atoms with Gasteiger partial charge in [-0.05, 0) is 71.9 Å². The molecule has 3 aromatic carbocycles. The predicted molar refractivity (Wildman–Crippen MR) is 148 cm³/mol. The summed E-state index contributed by atoms with van der Waals surface area (Å²) in [7, 11) is 0. The van der Waals surface area contributed by atoms with E-state index >= 15 is 0 Å². The molecule has 2 aromatic heterocycles. The van der Waals surface area contributed by atoms with Crippen molar-refractivity contribution in [2.75, 3.05) is 0 Å². The summed E-state index contributed by atoms with van der Waals surface area (Å²) in [4.78, 5) is 0. The first-order valence-electron chi connectivity index (χ1n) is 12.8. The molecule has 0 amide bonds. The number of hydrogen-bond acceptors (Lipinski definition) is 3. The summed E-state index contributed by atoms with van der Waals surface area (Å²) in [6.07, 6.45) is 7.50. The predicted octanol–water partition coefficient (Wildman–Crippen LogP) is 8.68. The zero-order chi connectivity index (χ0) is 24.8. The van der Waals surface area contributed by atoms with Gasteiger partial charge in [-0.2, -0.15) is 0 Å². The van der Waals surface area contributed by atoms with Gasteiger partial charge in [0.2, 0.25) is 11.8 Å². The van der Waals surface area contributed by atoms with Crippen molar-refractivity contribution in [1.82, 2.24) is 14.8 Å². The molecule has 0 aliphatic heterocycles. The Kier molecular flexibility index (Phi) is 5.60. The van der Waals surface area contributed by atoms with E-state index in [-0.39, 0.29) is 6.04 Å². The van der Waals surface area contributed by atoms with Crippen LogP contribution in [0.3, 0.4) is 0 Å². The molecule has 1 unspecified atom stereocenters. The average molecular weight is 474 g/mol. The summed E-state index contributed by atoms with van der Waals surface area (Å²) in [6, 6.07) is 24.0. The zero-order valence-electron chi connectivity index (χ0n) is 21.3. The molecule has 2 heterocycles. The highest BCUT2D eigenvalue weighted by molar-refractivity contribution is 6.09. The third kappa shape index (κ3) is 3.87. The van der Waals surface area contributed by atoms with E-state index in [0.29, 0.717) is 23.6 Å². The largest absolute Gasteiger partial charge is 0.416 e. The summed E-state index contributed by atoms with van der Waals surface area (Å²) in [5, 5.41) is 11.3. The van der Waals surface area contributed by atoms with Crippen LogP contribution in [0.5, 0.6) is 0 Å². The van der Waals surface area contributed by atoms with Gasteiger partial charge in [0.1, 0.15) is 0 Å². The normalized spacial score (nSPS) is 15.9. The molecule has 4 heteroatoms. The second-order valence-electron chi connectivity index (χ2n) is 10.3. The van der Waals surface area contributed by atoms with Gasteiger partial charge in [0.25, 0.3) is 0 Å². The second kappa shape index (κ2) is 8.94. The number of benzene rings is 3. The van der Waals surface area contributed by atoms with Crippen LogP contribution >= 0.6 is 0 Å². The maximum atomic E-state index is 6.08. The fourth-order valence-corrected chi connectivity index (χ4v) is 5.19. The van der Waals surface area contributed by atoms with E-state index in [0.717, 1.165) is 17.6 Å². The van der Waals surface area contributed by atoms with Crippen molar-refractivity contribution < 1.29 is 4.42 Å². The Morgan fingerprint density at radius 1 is 0.778 bits per heavy atom. The number of nitrogens with zero attached hydrogens (tertiary/aromatic N) is 3. The molecular weight excluding hydrogens is 442 g/mol. The lowest BCUT2D eigenvalue weighted by atomic mass is 9.98. The molecule has 0 N–H and O–H groups in total. The Hall–Kier alpha value is -3.92. The van der Waals surface area contributed by atoms with Crippen molar-refractivity contribution in [2.24, 2.45) is 0 Å². The number of fused-ring (bicyclic) bond motifs is 3. The van der Waals surface area contributed by atoms with Gasteiger partial charge < -0.3 is 8.98 Å². The van der Waals surface area contributed by atoms with Gasteiger partial charge in [0.15, 0.2) is 0 Å². The lowest BCUT2D eigenvalue weighted by Crippen LogP contribution is -2.08. The molecule has 0 fully saturated rings. The fraction of sp³-hybridized carbons (Fsp3) is 0.250. The molecule has 1 aliphatic carbocycles. The van der Waals surface area contributed by atoms with E-state index in [4.69, 9.17) is 4.42 Å². The van der Waals surface area contributed by atoms with Gasteiger partial charge in [-0.15, -0.1) is 10.2 Å². The topological polar surface area (TPSA) is 43.9 Å². The van der Waals surface area contributed by atoms with Crippen molar-refractivity contribution in [3.8, 4) is 11.5 Å². The summed E-state index contributed by atoms with van der Waals surface area (Å²) in [5.41, 5.74) is 7.17. The number of aromatic nitrogens is 3. The number of hydrogen-bond donors (Lipinski definition) is 0. The molecule has 0 bridgehead atoms. The highest BCUT2D eigenvalue weighted by atomic mass is 16.4. The van der Waals surface area contributed by atoms with E-state index in [2.05, 4.69) is 97.1 Å². The first-order valence-corrected chi connectivity index (χ1v) is 12.8. The number of rotatable bonds is 5. The minimum absolute atomic E-state index is 0.159. The number of allylic oxidation sites excluding steroid dienone is 4. The average Bonchev–Trinajstić information content (AvgIpc) is 3.52. The van der Waals surface area contributed by atoms with Gasteiger partial charge in [0.05, 0.1) is 6.04 Å². The Balaban J connectivity index is 1.48. The minimum Gasteiger partial charge on any atom is -0.416 e. The van der Waals surface area contributed by atoms with Gasteiger partial charge in [-0.1, -0.05) is 70.2 Å². The second-order valence-corrected chi connectivity index (χ2v) is 10.3. The van der Waals surface area contributed by atoms with Crippen LogP contribution < -0.4 is 0 Å². The highest BCUT2D eigenvalue weighted by Crippen LogP contribution is 2.39. The van der Waals surface area contributed by atoms with Gasteiger partial charge in [-0.3, -0.25) is 0 Å². The van der Waals surface area contributed by atoms with E-state index < -0.39 is 0 Å². The van der Waals surface area contributed by atoms with Crippen molar-refractivity contribution in [1.29, 1.82) is 0 Å². The Bertz CT molecular complexity index is 1550. The Morgan fingerprint density at radius 3 is 2.00 bits per heavy atom. The first kappa shape index (κ1) is 22.5. The minimum atomic E-state index is 0.159. The third-order valence-electron chi connectivity index (χ3n) is 7.26. The SMILES string of the molecule is CC(C)c1ccc2c(c1)c1cc(C(C)C)ccc1n2C1C=C(c2nnc(-c3ccccc3)o2)C=CC1. The van der Waals surface area contributed by atoms with Crippen LogP contribution in [0.2, 0.25) is 0 Å². The zero-order valence-corrected chi connectivity index (χ0v) is 21.3. The summed E-state index contributed by atoms with van der Waals surface area (Å²) < 4.78 is 8.57. The summed E-state index contributed by atoms with van der Waals surface area (Å²) >= 11 is 0. The van der Waals surface area contributed by atoms with Crippen LogP contribution in [0.15, 0.2) is 89.4 Å². The molecule has 0 saturated carbocycles. The third-order valence-corrected chi connectivity index (χ3v) is 7.26. The molecule has 5 aromatic rings. The lowest BCUT2D eigenvalue weighted by molar-refractivity contribution is 0.551. The monoisotopic (exact) mass is 473 g/mol. The van der Waals surface area contributed by atoms with Gasteiger partial charge >= 0.3 is 0 Å². The van der Waals surface area contributed by atoms with E-state index in [1.54, 1.807) is 0 Å². The van der Waals surface area contributed by atoms with Crippen LogP contribution in [0, 0.1) is 0 Å². The van der Waals surface area contributed by atoms with Crippen LogP contribution in [0.1, 0.15) is 69.0 Å². The standard InChI is InChI=1S/C32H31N3O/c1-20(2)23-13-15-29-27(18-23)28-19-24(21(3)4)14-16-30(28)35(29)26-12-8-11-25(17-26)32-34-33-31(36-32)22-9-6-5-7-10-22/h5-11,13-21,26H,12H2,1-4H3. The molecule has 0 spiro atoms. The van der Waals surface area contributed by atoms with Gasteiger partial charge in [-0.25, -0.2) is 0 Å². The fourth-order valence-electron chi connectivity index (χ4n) is 5.19. The van der Waals surface area contributed by atoms with Crippen LogP contribution in [0.4, 0.5) is 0 Å². The van der Waals surface area contributed by atoms with Crippen molar-refractivity contribution in [3.05, 3.63) is 102 Å². The van der Waals surface area contributed by atoms with Gasteiger partial charge in [0, 0.05) is 32.9 Å². The summed E-state index contributed by atoms with van der Waals surface area (Å²) in [5.74, 6) is 2.07. The molecule has 4 nitrogen and oxygen atoms in total. The maximum absolute atomic E-state index is 6.08. The molecule has 0 radical (unpaired) electrons. The summed E-state index contributed by atoms with van der Waals surface area (Å²) in [6.45, 7) is 9.04. The quantitative estimate of drug-likeness (QED) is 0.256. The van der Waals surface area contributed by atoms with Crippen LogP contribution in [0.25, 0.3) is 38.8 Å².